The van der Waals surface area contributed by atoms with Crippen LogP contribution >= 0.6 is 0 Å². The molecule has 3 nitrogen and oxygen atoms in total. The van der Waals surface area contributed by atoms with E-state index in [0.717, 1.165) is 12.8 Å². The average Bonchev–Trinajstić information content (AvgIpc) is 2.52. The third-order valence-corrected chi connectivity index (χ3v) is 10.00. The Morgan fingerprint density at radius 2 is 1.57 bits per heavy atom. The van der Waals surface area contributed by atoms with E-state index in [1.54, 1.807) is 0 Å². The van der Waals surface area contributed by atoms with Crippen molar-refractivity contribution in [2.75, 3.05) is 19.8 Å². The molecule has 1 saturated heterocycles. The number of ether oxygens (including phenoxy) is 2. The molecular formula is C24H42O3Si. The van der Waals surface area contributed by atoms with Gasteiger partial charge < -0.3 is 13.9 Å². The van der Waals surface area contributed by atoms with Crippen LogP contribution in [0.1, 0.15) is 68.2 Å². The van der Waals surface area contributed by atoms with Crippen molar-refractivity contribution in [2.24, 2.45) is 10.8 Å². The third-order valence-electron chi connectivity index (χ3n) is 5.52. The molecule has 1 heterocycles. The molecule has 1 fully saturated rings. The standard InChI is InChI=1S/C24H42O3Si/c1-21(2,3)15-11-12-16-24(19-25-23(7,8)26-20-24)17-13-14-18-27-28(9,10)22(4,5)6/h12,15H,16-20H2,1-10H3. The van der Waals surface area contributed by atoms with Crippen LogP contribution in [0.15, 0.2) is 17.9 Å². The second-order valence-electron chi connectivity index (χ2n) is 11.1. The van der Waals surface area contributed by atoms with Gasteiger partial charge in [0, 0.05) is 11.8 Å². The van der Waals surface area contributed by atoms with Gasteiger partial charge in [0.05, 0.1) is 19.8 Å². The molecule has 1 aliphatic rings. The molecule has 0 aromatic rings. The Bertz CT molecular complexity index is 619. The zero-order valence-corrected chi connectivity index (χ0v) is 20.9. The number of rotatable bonds is 5. The predicted molar refractivity (Wildman–Crippen MR) is 121 cm³/mol. The number of allylic oxidation sites excluding steroid dienone is 1. The summed E-state index contributed by atoms with van der Waals surface area (Å²) in [5.74, 6) is 6.04. The van der Waals surface area contributed by atoms with Crippen LogP contribution in [0, 0.1) is 22.7 Å². The Hall–Kier alpha value is -0.823. The van der Waals surface area contributed by atoms with Gasteiger partial charge in [0.25, 0.3) is 0 Å². The van der Waals surface area contributed by atoms with Crippen LogP contribution in [0.5, 0.6) is 0 Å². The monoisotopic (exact) mass is 406 g/mol. The maximum Gasteiger partial charge on any atom is 0.193 e. The van der Waals surface area contributed by atoms with E-state index in [1.165, 1.54) is 0 Å². The Morgan fingerprint density at radius 1 is 1.00 bits per heavy atom. The average molecular weight is 407 g/mol. The van der Waals surface area contributed by atoms with Gasteiger partial charge in [-0.2, -0.15) is 0 Å². The maximum absolute atomic E-state index is 6.16. The topological polar surface area (TPSA) is 27.7 Å². The van der Waals surface area contributed by atoms with Crippen molar-refractivity contribution in [3.63, 3.8) is 0 Å². The van der Waals surface area contributed by atoms with Crippen molar-refractivity contribution < 1.29 is 13.9 Å². The van der Waals surface area contributed by atoms with E-state index in [9.17, 15) is 0 Å². The van der Waals surface area contributed by atoms with Crippen molar-refractivity contribution in [3.05, 3.63) is 17.9 Å². The highest BCUT2D eigenvalue weighted by atomic mass is 28.4. The summed E-state index contributed by atoms with van der Waals surface area (Å²) in [7, 11) is -1.75. The Labute approximate surface area is 175 Å². The quantitative estimate of drug-likeness (QED) is 0.304. The van der Waals surface area contributed by atoms with Gasteiger partial charge in [0.15, 0.2) is 14.1 Å². The Kier molecular flexibility index (Phi) is 8.40. The molecule has 0 aliphatic carbocycles. The van der Waals surface area contributed by atoms with Crippen LogP contribution in [0.4, 0.5) is 0 Å². The number of hydrogen-bond acceptors (Lipinski definition) is 3. The summed E-state index contributed by atoms with van der Waals surface area (Å²) in [5, 5.41) is 0.205. The molecule has 0 N–H and O–H groups in total. The van der Waals surface area contributed by atoms with E-state index < -0.39 is 14.1 Å². The highest BCUT2D eigenvalue weighted by molar-refractivity contribution is 6.74. The molecule has 0 aromatic carbocycles. The lowest BCUT2D eigenvalue weighted by atomic mass is 9.82. The van der Waals surface area contributed by atoms with Crippen LogP contribution in [0.2, 0.25) is 18.1 Å². The summed E-state index contributed by atoms with van der Waals surface area (Å²) in [4.78, 5) is 0. The summed E-state index contributed by atoms with van der Waals surface area (Å²) in [6, 6.07) is 0. The van der Waals surface area contributed by atoms with Gasteiger partial charge in [-0.3, -0.25) is 0 Å². The van der Waals surface area contributed by atoms with Crippen LogP contribution in [-0.2, 0) is 13.9 Å². The van der Waals surface area contributed by atoms with E-state index in [4.69, 9.17) is 13.9 Å². The lowest BCUT2D eigenvalue weighted by Crippen LogP contribution is -2.46. The molecule has 0 amide bonds. The summed E-state index contributed by atoms with van der Waals surface area (Å²) in [6.45, 7) is 23.5. The van der Waals surface area contributed by atoms with E-state index in [0.29, 0.717) is 19.8 Å². The minimum atomic E-state index is -1.75. The SMILES string of the molecule is CC(C)(C)C=C=CCC1(CC#CCO[Si](C)(C)C(C)(C)C)COC(C)(C)OC1. The summed E-state index contributed by atoms with van der Waals surface area (Å²) in [6.07, 6.45) is 5.78. The second-order valence-corrected chi connectivity index (χ2v) is 16.0. The van der Waals surface area contributed by atoms with Gasteiger partial charge in [-0.1, -0.05) is 47.5 Å². The summed E-state index contributed by atoms with van der Waals surface area (Å²) in [5.41, 5.74) is 3.33. The first-order valence-electron chi connectivity index (χ1n) is 10.4. The van der Waals surface area contributed by atoms with E-state index in [2.05, 4.69) is 84.4 Å². The summed E-state index contributed by atoms with van der Waals surface area (Å²) >= 11 is 0. The minimum absolute atomic E-state index is 0.127. The maximum atomic E-state index is 6.16. The molecule has 0 bridgehead atoms. The van der Waals surface area contributed by atoms with E-state index in [1.807, 2.05) is 13.8 Å². The molecule has 0 spiro atoms. The number of hydrogen-bond donors (Lipinski definition) is 0. The van der Waals surface area contributed by atoms with Crippen molar-refractivity contribution in [1.82, 2.24) is 0 Å². The van der Waals surface area contributed by atoms with Crippen LogP contribution < -0.4 is 0 Å². The predicted octanol–water partition coefficient (Wildman–Crippen LogP) is 6.32. The van der Waals surface area contributed by atoms with Gasteiger partial charge in [-0.15, -0.1) is 11.7 Å². The fourth-order valence-electron chi connectivity index (χ4n) is 2.35. The van der Waals surface area contributed by atoms with Gasteiger partial charge in [0.2, 0.25) is 0 Å². The zero-order chi connectivity index (χ0) is 21.7. The van der Waals surface area contributed by atoms with Crippen molar-refractivity contribution in [3.8, 4) is 11.8 Å². The minimum Gasteiger partial charge on any atom is -0.406 e. The van der Waals surface area contributed by atoms with Crippen LogP contribution in [-0.4, -0.2) is 33.9 Å². The molecule has 28 heavy (non-hydrogen) atoms. The van der Waals surface area contributed by atoms with Gasteiger partial charge in [0.1, 0.15) is 0 Å². The van der Waals surface area contributed by atoms with E-state index in [-0.39, 0.29) is 15.9 Å². The van der Waals surface area contributed by atoms with Crippen LogP contribution in [0.25, 0.3) is 0 Å². The van der Waals surface area contributed by atoms with Crippen molar-refractivity contribution in [2.45, 2.75) is 92.2 Å². The lowest BCUT2D eigenvalue weighted by molar-refractivity contribution is -0.284. The molecule has 0 radical (unpaired) electrons. The molecule has 0 aromatic heterocycles. The molecule has 0 saturated carbocycles. The fourth-order valence-corrected chi connectivity index (χ4v) is 3.21. The molecule has 1 rings (SSSR count). The van der Waals surface area contributed by atoms with Gasteiger partial charge in [-0.05, 0) is 56.0 Å². The molecule has 4 heteroatoms. The molecule has 160 valence electrons. The zero-order valence-electron chi connectivity index (χ0n) is 19.9. The molecule has 0 atom stereocenters. The van der Waals surface area contributed by atoms with Gasteiger partial charge in [-0.25, -0.2) is 0 Å². The fraction of sp³-hybridized carbons (Fsp3) is 0.792. The Balaban J connectivity index is 2.77. The van der Waals surface area contributed by atoms with Crippen molar-refractivity contribution >= 4 is 8.32 Å². The largest absolute Gasteiger partial charge is 0.406 e. The first-order chi connectivity index (χ1) is 12.6. The first kappa shape index (κ1) is 25.2. The lowest BCUT2D eigenvalue weighted by Gasteiger charge is -2.42. The summed E-state index contributed by atoms with van der Waals surface area (Å²) < 4.78 is 18.1. The van der Waals surface area contributed by atoms with Crippen molar-refractivity contribution in [1.29, 1.82) is 0 Å². The van der Waals surface area contributed by atoms with Gasteiger partial charge >= 0.3 is 0 Å². The third kappa shape index (κ3) is 8.68. The molecular weight excluding hydrogens is 364 g/mol. The molecule has 1 aliphatic heterocycles. The van der Waals surface area contributed by atoms with Crippen LogP contribution in [0.3, 0.4) is 0 Å². The first-order valence-corrected chi connectivity index (χ1v) is 13.3. The second kappa shape index (κ2) is 9.33. The normalized spacial score (nSPS) is 19.2. The smallest absolute Gasteiger partial charge is 0.193 e. The Morgan fingerprint density at radius 3 is 2.07 bits per heavy atom. The molecule has 0 unspecified atom stereocenters. The highest BCUT2D eigenvalue weighted by Crippen LogP contribution is 2.37. The van der Waals surface area contributed by atoms with E-state index >= 15 is 0 Å². The highest BCUT2D eigenvalue weighted by Gasteiger charge is 2.39.